The molecule has 0 aromatic carbocycles. The summed E-state index contributed by atoms with van der Waals surface area (Å²) < 4.78 is 0. The number of nitrogens with two attached hydrogens (primary N) is 1. The zero-order valence-corrected chi connectivity index (χ0v) is 7.25. The van der Waals surface area contributed by atoms with Gasteiger partial charge >= 0.3 is 0 Å². The van der Waals surface area contributed by atoms with Crippen molar-refractivity contribution >= 4 is 5.84 Å². The van der Waals surface area contributed by atoms with Gasteiger partial charge in [0.1, 0.15) is 0 Å². The number of rotatable bonds is 5. The minimum atomic E-state index is 0.00954. The average molecular weight is 169 g/mol. The fraction of sp³-hybridized carbons (Fsp3) is 0.625. The van der Waals surface area contributed by atoms with Gasteiger partial charge in [0.15, 0.2) is 5.84 Å². The second kappa shape index (κ2) is 6.50. The van der Waals surface area contributed by atoms with Crippen molar-refractivity contribution in [1.29, 1.82) is 0 Å². The summed E-state index contributed by atoms with van der Waals surface area (Å²) in [5, 5.41) is 14.0. The van der Waals surface area contributed by atoms with Gasteiger partial charge in [0.2, 0.25) is 0 Å². The Morgan fingerprint density at radius 3 is 2.92 bits per heavy atom. The third-order valence-electron chi connectivity index (χ3n) is 1.44. The molecule has 0 amide bonds. The summed E-state index contributed by atoms with van der Waals surface area (Å²) in [7, 11) is 0. The first-order valence-electron chi connectivity index (χ1n) is 3.90. The Labute approximate surface area is 72.8 Å². The van der Waals surface area contributed by atoms with Crippen LogP contribution in [0.1, 0.15) is 19.8 Å². The minimum Gasteiger partial charge on any atom is -0.409 e. The van der Waals surface area contributed by atoms with E-state index < -0.39 is 0 Å². The number of nitrogens with one attached hydrogen (secondary N) is 1. The first kappa shape index (κ1) is 10.8. The van der Waals surface area contributed by atoms with E-state index in [1.807, 2.05) is 0 Å². The zero-order chi connectivity index (χ0) is 9.40. The molecule has 0 aliphatic carbocycles. The Balaban J connectivity index is 3.67. The summed E-state index contributed by atoms with van der Waals surface area (Å²) in [4.78, 5) is 0. The first-order chi connectivity index (χ1) is 5.74. The van der Waals surface area contributed by atoms with Crippen LogP contribution in [0.5, 0.6) is 0 Å². The van der Waals surface area contributed by atoms with Crippen LogP contribution in [0.4, 0.5) is 0 Å². The van der Waals surface area contributed by atoms with Gasteiger partial charge in [0.25, 0.3) is 0 Å². The van der Waals surface area contributed by atoms with Gasteiger partial charge in [0, 0.05) is 0 Å². The van der Waals surface area contributed by atoms with Crippen LogP contribution >= 0.6 is 0 Å². The second-order valence-electron chi connectivity index (χ2n) is 2.48. The van der Waals surface area contributed by atoms with Crippen LogP contribution in [0.15, 0.2) is 5.16 Å². The SMILES string of the molecule is C#CC(CCC)NCC(N)=NO. The summed E-state index contributed by atoms with van der Waals surface area (Å²) in [6.45, 7) is 2.38. The van der Waals surface area contributed by atoms with E-state index >= 15 is 0 Å². The highest BCUT2D eigenvalue weighted by atomic mass is 16.4. The Kier molecular flexibility index (Phi) is 5.84. The Bertz CT molecular complexity index is 183. The number of hydrogen-bond donors (Lipinski definition) is 3. The molecule has 0 saturated heterocycles. The van der Waals surface area contributed by atoms with Crippen molar-refractivity contribution in [3.63, 3.8) is 0 Å². The van der Waals surface area contributed by atoms with Crippen molar-refractivity contribution in [3.8, 4) is 12.3 Å². The van der Waals surface area contributed by atoms with E-state index in [2.05, 4.69) is 23.3 Å². The molecule has 0 heterocycles. The average Bonchev–Trinajstić information content (AvgIpc) is 2.11. The van der Waals surface area contributed by atoms with Crippen LogP contribution in [0.25, 0.3) is 0 Å². The molecule has 0 radical (unpaired) electrons. The number of hydrogen-bond acceptors (Lipinski definition) is 3. The third-order valence-corrected chi connectivity index (χ3v) is 1.44. The van der Waals surface area contributed by atoms with Crippen LogP contribution in [0, 0.1) is 12.3 Å². The summed E-state index contributed by atoms with van der Waals surface area (Å²) in [6, 6.07) is 0.00954. The fourth-order valence-corrected chi connectivity index (χ4v) is 0.796. The van der Waals surface area contributed by atoms with Gasteiger partial charge in [-0.2, -0.15) is 0 Å². The zero-order valence-electron chi connectivity index (χ0n) is 7.25. The van der Waals surface area contributed by atoms with E-state index in [1.54, 1.807) is 0 Å². The first-order valence-corrected chi connectivity index (χ1v) is 3.90. The molecule has 4 N–H and O–H groups in total. The molecule has 1 atom stereocenters. The van der Waals surface area contributed by atoms with Gasteiger partial charge in [0.05, 0.1) is 12.6 Å². The molecular formula is C8H15N3O. The van der Waals surface area contributed by atoms with Crippen molar-refractivity contribution in [2.45, 2.75) is 25.8 Å². The topological polar surface area (TPSA) is 70.6 Å². The van der Waals surface area contributed by atoms with Gasteiger partial charge in [-0.1, -0.05) is 24.4 Å². The second-order valence-corrected chi connectivity index (χ2v) is 2.48. The smallest absolute Gasteiger partial charge is 0.153 e. The quantitative estimate of drug-likeness (QED) is 0.180. The van der Waals surface area contributed by atoms with Crippen molar-refractivity contribution in [2.75, 3.05) is 6.54 Å². The molecule has 0 bridgehead atoms. The van der Waals surface area contributed by atoms with Gasteiger partial charge in [-0.25, -0.2) is 0 Å². The maximum atomic E-state index is 8.22. The Hall–Kier alpha value is -1.21. The molecule has 0 aromatic heterocycles. The number of oxime groups is 1. The van der Waals surface area contributed by atoms with E-state index in [0.717, 1.165) is 12.8 Å². The van der Waals surface area contributed by atoms with Crippen molar-refractivity contribution in [2.24, 2.45) is 10.9 Å². The minimum absolute atomic E-state index is 0.00954. The molecule has 0 fully saturated rings. The fourth-order valence-electron chi connectivity index (χ4n) is 0.796. The van der Waals surface area contributed by atoms with Crippen LogP contribution in [-0.4, -0.2) is 23.6 Å². The molecule has 0 aliphatic heterocycles. The number of nitrogens with zero attached hydrogens (tertiary/aromatic N) is 1. The Morgan fingerprint density at radius 1 is 1.83 bits per heavy atom. The van der Waals surface area contributed by atoms with Gasteiger partial charge in [-0.05, 0) is 6.42 Å². The standard InChI is InChI=1S/C8H15N3O/c1-3-5-7(4-2)10-6-8(9)11-12/h2,7,10,12H,3,5-6H2,1H3,(H2,9,11). The van der Waals surface area contributed by atoms with E-state index in [9.17, 15) is 0 Å². The lowest BCUT2D eigenvalue weighted by Crippen LogP contribution is -2.35. The van der Waals surface area contributed by atoms with Crippen molar-refractivity contribution in [3.05, 3.63) is 0 Å². The molecule has 0 aromatic rings. The summed E-state index contributed by atoms with van der Waals surface area (Å²) in [5.74, 6) is 2.72. The Morgan fingerprint density at radius 2 is 2.50 bits per heavy atom. The summed E-state index contributed by atoms with van der Waals surface area (Å²) in [6.07, 6.45) is 7.14. The normalized spacial score (nSPS) is 13.8. The van der Waals surface area contributed by atoms with Crippen LogP contribution in [0.3, 0.4) is 0 Å². The maximum absolute atomic E-state index is 8.22. The highest BCUT2D eigenvalue weighted by Gasteiger charge is 2.02. The molecule has 68 valence electrons. The molecular weight excluding hydrogens is 154 g/mol. The highest BCUT2D eigenvalue weighted by molar-refractivity contribution is 5.81. The number of terminal acetylenes is 1. The molecule has 1 unspecified atom stereocenters. The molecule has 4 heteroatoms. The lowest BCUT2D eigenvalue weighted by atomic mass is 10.2. The molecule has 12 heavy (non-hydrogen) atoms. The van der Waals surface area contributed by atoms with Gasteiger partial charge in [-0.3, -0.25) is 5.32 Å². The van der Waals surface area contributed by atoms with E-state index in [0.29, 0.717) is 6.54 Å². The van der Waals surface area contributed by atoms with Crippen LogP contribution < -0.4 is 11.1 Å². The molecule has 0 spiro atoms. The van der Waals surface area contributed by atoms with Crippen LogP contribution in [0.2, 0.25) is 0 Å². The van der Waals surface area contributed by atoms with Gasteiger partial charge in [-0.15, -0.1) is 6.42 Å². The largest absolute Gasteiger partial charge is 0.409 e. The molecule has 0 aliphatic rings. The lowest BCUT2D eigenvalue weighted by Gasteiger charge is -2.10. The van der Waals surface area contributed by atoms with Crippen molar-refractivity contribution in [1.82, 2.24) is 5.32 Å². The summed E-state index contributed by atoms with van der Waals surface area (Å²) in [5.41, 5.74) is 5.24. The predicted octanol–water partition coefficient (Wildman–Crippen LogP) is 0.124. The number of amidine groups is 1. The lowest BCUT2D eigenvalue weighted by molar-refractivity contribution is 0.317. The summed E-state index contributed by atoms with van der Waals surface area (Å²) >= 11 is 0. The van der Waals surface area contributed by atoms with Crippen molar-refractivity contribution < 1.29 is 5.21 Å². The third kappa shape index (κ3) is 4.58. The van der Waals surface area contributed by atoms with Gasteiger partial charge < -0.3 is 10.9 Å². The molecule has 4 nitrogen and oxygen atoms in total. The van der Waals surface area contributed by atoms with E-state index in [-0.39, 0.29) is 11.9 Å². The maximum Gasteiger partial charge on any atom is 0.153 e. The monoisotopic (exact) mass is 169 g/mol. The van der Waals surface area contributed by atoms with Crippen LogP contribution in [-0.2, 0) is 0 Å². The highest BCUT2D eigenvalue weighted by Crippen LogP contribution is 1.93. The molecule has 0 saturated carbocycles. The van der Waals surface area contributed by atoms with E-state index in [4.69, 9.17) is 17.4 Å². The van der Waals surface area contributed by atoms with E-state index in [1.165, 1.54) is 0 Å². The predicted molar refractivity (Wildman–Crippen MR) is 48.9 cm³/mol. The molecule has 0 rings (SSSR count).